The van der Waals surface area contributed by atoms with Gasteiger partial charge in [-0.25, -0.2) is 13.1 Å². The Morgan fingerprint density at radius 1 is 1.10 bits per heavy atom. The van der Waals surface area contributed by atoms with E-state index < -0.39 is 10.0 Å². The second-order valence-corrected chi connectivity index (χ2v) is 6.94. The average molecular weight is 307 g/mol. The molecule has 0 aliphatic heterocycles. The van der Waals surface area contributed by atoms with Crippen molar-refractivity contribution in [1.29, 1.82) is 0 Å². The van der Waals surface area contributed by atoms with E-state index in [0.717, 1.165) is 32.1 Å². The van der Waals surface area contributed by atoms with Crippen LogP contribution in [0.3, 0.4) is 0 Å². The first-order valence-electron chi connectivity index (χ1n) is 7.58. The number of hydrogen-bond acceptors (Lipinski definition) is 4. The fourth-order valence-corrected chi connectivity index (χ4v) is 3.58. The first-order chi connectivity index (χ1) is 9.45. The Bertz CT molecular complexity index is 348. The van der Waals surface area contributed by atoms with E-state index in [4.69, 9.17) is 4.74 Å². The standard InChI is InChI=1S/C14H29NO4S/c1-4-7-13(8-5-2)12-20(17,18)15-10-9-14(16)19-11-6-3/h13,15H,4-12H2,1-3H3. The molecule has 0 aliphatic rings. The number of sulfonamides is 1. The fraction of sp³-hybridized carbons (Fsp3) is 0.929. The van der Waals surface area contributed by atoms with Crippen molar-refractivity contribution in [2.24, 2.45) is 5.92 Å². The van der Waals surface area contributed by atoms with Crippen molar-refractivity contribution in [3.8, 4) is 0 Å². The Balaban J connectivity index is 4.07. The van der Waals surface area contributed by atoms with Crippen LogP contribution in [0.2, 0.25) is 0 Å². The van der Waals surface area contributed by atoms with Gasteiger partial charge in [0.1, 0.15) is 0 Å². The van der Waals surface area contributed by atoms with Crippen molar-refractivity contribution >= 4 is 16.0 Å². The van der Waals surface area contributed by atoms with Gasteiger partial charge in [-0.1, -0.05) is 33.6 Å². The van der Waals surface area contributed by atoms with E-state index in [1.54, 1.807) is 0 Å². The molecule has 0 heterocycles. The molecule has 20 heavy (non-hydrogen) atoms. The summed E-state index contributed by atoms with van der Waals surface area (Å²) in [7, 11) is -3.30. The maximum Gasteiger partial charge on any atom is 0.307 e. The van der Waals surface area contributed by atoms with Crippen LogP contribution in [0.5, 0.6) is 0 Å². The van der Waals surface area contributed by atoms with Crippen LogP contribution in [0.25, 0.3) is 0 Å². The molecule has 5 nitrogen and oxygen atoms in total. The smallest absolute Gasteiger partial charge is 0.307 e. The summed E-state index contributed by atoms with van der Waals surface area (Å²) in [4.78, 5) is 11.3. The van der Waals surface area contributed by atoms with Gasteiger partial charge in [0.2, 0.25) is 10.0 Å². The summed E-state index contributed by atoms with van der Waals surface area (Å²) in [6.07, 6.45) is 4.69. The lowest BCUT2D eigenvalue weighted by atomic mass is 10.0. The molecular weight excluding hydrogens is 278 g/mol. The molecular formula is C14H29NO4S. The molecule has 0 aromatic carbocycles. The summed E-state index contributed by atoms with van der Waals surface area (Å²) >= 11 is 0. The maximum atomic E-state index is 11.9. The Morgan fingerprint density at radius 2 is 1.70 bits per heavy atom. The predicted molar refractivity (Wildman–Crippen MR) is 81.0 cm³/mol. The molecule has 0 aromatic rings. The number of carbonyl (C=O) groups excluding carboxylic acids is 1. The summed E-state index contributed by atoms with van der Waals surface area (Å²) in [6, 6.07) is 0. The van der Waals surface area contributed by atoms with Crippen LogP contribution >= 0.6 is 0 Å². The van der Waals surface area contributed by atoms with Crippen LogP contribution < -0.4 is 4.72 Å². The van der Waals surface area contributed by atoms with Gasteiger partial charge in [-0.2, -0.15) is 0 Å². The zero-order chi connectivity index (χ0) is 15.4. The quantitative estimate of drug-likeness (QED) is 0.562. The van der Waals surface area contributed by atoms with E-state index in [1.807, 2.05) is 6.92 Å². The Labute approximate surface area is 123 Å². The maximum absolute atomic E-state index is 11.9. The van der Waals surface area contributed by atoms with Gasteiger partial charge in [-0.3, -0.25) is 4.79 Å². The highest BCUT2D eigenvalue weighted by Gasteiger charge is 2.18. The normalized spacial score (nSPS) is 11.8. The van der Waals surface area contributed by atoms with E-state index in [-0.39, 0.29) is 30.6 Å². The first-order valence-corrected chi connectivity index (χ1v) is 9.23. The van der Waals surface area contributed by atoms with Crippen molar-refractivity contribution in [2.75, 3.05) is 18.9 Å². The van der Waals surface area contributed by atoms with E-state index in [2.05, 4.69) is 18.6 Å². The molecule has 0 fully saturated rings. The van der Waals surface area contributed by atoms with Crippen LogP contribution in [-0.4, -0.2) is 33.3 Å². The third-order valence-electron chi connectivity index (χ3n) is 2.97. The van der Waals surface area contributed by atoms with Gasteiger partial charge >= 0.3 is 5.97 Å². The minimum absolute atomic E-state index is 0.0887. The molecule has 0 unspecified atom stereocenters. The molecule has 0 atom stereocenters. The molecule has 120 valence electrons. The van der Waals surface area contributed by atoms with Crippen LogP contribution in [-0.2, 0) is 19.6 Å². The van der Waals surface area contributed by atoms with Gasteiger partial charge in [-0.15, -0.1) is 0 Å². The highest BCUT2D eigenvalue weighted by molar-refractivity contribution is 7.89. The zero-order valence-corrected chi connectivity index (χ0v) is 13.8. The summed E-state index contributed by atoms with van der Waals surface area (Å²) in [5, 5.41) is 0. The van der Waals surface area contributed by atoms with Gasteiger partial charge in [0.05, 0.1) is 18.8 Å². The van der Waals surface area contributed by atoms with Gasteiger partial charge in [0.15, 0.2) is 0 Å². The van der Waals surface area contributed by atoms with E-state index >= 15 is 0 Å². The van der Waals surface area contributed by atoms with Crippen molar-refractivity contribution in [1.82, 2.24) is 4.72 Å². The van der Waals surface area contributed by atoms with Crippen molar-refractivity contribution in [2.45, 2.75) is 59.3 Å². The van der Waals surface area contributed by atoms with E-state index in [0.29, 0.717) is 6.61 Å². The molecule has 0 rings (SSSR count). The molecule has 0 bridgehead atoms. The minimum Gasteiger partial charge on any atom is -0.466 e. The third-order valence-corrected chi connectivity index (χ3v) is 4.52. The van der Waals surface area contributed by atoms with E-state index in [1.165, 1.54) is 0 Å². The first kappa shape index (κ1) is 19.4. The Kier molecular flexibility index (Phi) is 10.7. The van der Waals surface area contributed by atoms with Crippen LogP contribution in [0, 0.1) is 5.92 Å². The number of nitrogens with one attached hydrogen (secondary N) is 1. The third kappa shape index (κ3) is 10.2. The van der Waals surface area contributed by atoms with Gasteiger partial charge in [0.25, 0.3) is 0 Å². The lowest BCUT2D eigenvalue weighted by Gasteiger charge is -2.15. The number of carbonyl (C=O) groups is 1. The molecule has 1 N–H and O–H groups in total. The molecule has 0 aliphatic carbocycles. The fourth-order valence-electron chi connectivity index (χ4n) is 2.09. The minimum atomic E-state index is -3.30. The van der Waals surface area contributed by atoms with Crippen molar-refractivity contribution < 1.29 is 17.9 Å². The van der Waals surface area contributed by atoms with E-state index in [9.17, 15) is 13.2 Å². The highest BCUT2D eigenvalue weighted by Crippen LogP contribution is 2.15. The number of rotatable bonds is 12. The molecule has 0 aromatic heterocycles. The summed E-state index contributed by atoms with van der Waals surface area (Å²) in [5.41, 5.74) is 0. The number of esters is 1. The van der Waals surface area contributed by atoms with Crippen molar-refractivity contribution in [3.63, 3.8) is 0 Å². The van der Waals surface area contributed by atoms with Gasteiger partial charge in [-0.05, 0) is 25.2 Å². The largest absolute Gasteiger partial charge is 0.466 e. The topological polar surface area (TPSA) is 72.5 Å². The molecule has 0 saturated heterocycles. The SMILES string of the molecule is CCCOC(=O)CCNS(=O)(=O)CC(CCC)CCC. The second kappa shape index (κ2) is 11.1. The lowest BCUT2D eigenvalue weighted by molar-refractivity contribution is -0.143. The molecule has 0 saturated carbocycles. The van der Waals surface area contributed by atoms with Crippen molar-refractivity contribution in [3.05, 3.63) is 0 Å². The Morgan fingerprint density at radius 3 is 2.20 bits per heavy atom. The average Bonchev–Trinajstić information content (AvgIpc) is 2.36. The zero-order valence-electron chi connectivity index (χ0n) is 13.0. The molecule has 6 heteroatoms. The number of hydrogen-bond donors (Lipinski definition) is 1. The lowest BCUT2D eigenvalue weighted by Crippen LogP contribution is -2.31. The summed E-state index contributed by atoms with van der Waals surface area (Å²) in [6.45, 7) is 6.55. The van der Waals surface area contributed by atoms with Crippen LogP contribution in [0.1, 0.15) is 59.3 Å². The van der Waals surface area contributed by atoms with Gasteiger partial charge in [0, 0.05) is 6.54 Å². The van der Waals surface area contributed by atoms with Crippen LogP contribution in [0.4, 0.5) is 0 Å². The summed E-state index contributed by atoms with van der Waals surface area (Å²) < 4.78 is 31.2. The highest BCUT2D eigenvalue weighted by atomic mass is 32.2. The molecule has 0 spiro atoms. The summed E-state index contributed by atoms with van der Waals surface area (Å²) in [5.74, 6) is 0.00125. The monoisotopic (exact) mass is 307 g/mol. The molecule has 0 radical (unpaired) electrons. The van der Waals surface area contributed by atoms with Gasteiger partial charge < -0.3 is 4.74 Å². The molecule has 0 amide bonds. The predicted octanol–water partition coefficient (Wildman–Crippen LogP) is 2.47. The second-order valence-electron chi connectivity index (χ2n) is 5.09. The Hall–Kier alpha value is -0.620. The van der Waals surface area contributed by atoms with Crippen LogP contribution in [0.15, 0.2) is 0 Å². The number of ether oxygens (including phenoxy) is 1.